The molecular formula is C22H22N8O2. The Bertz CT molecular complexity index is 1300. The third-order valence-electron chi connectivity index (χ3n) is 5.40. The highest BCUT2D eigenvalue weighted by Crippen LogP contribution is 2.25. The summed E-state index contributed by atoms with van der Waals surface area (Å²) in [6.45, 7) is 4.71. The molecule has 1 saturated heterocycles. The van der Waals surface area contributed by atoms with E-state index in [4.69, 9.17) is 15.5 Å². The molecule has 0 saturated carbocycles. The van der Waals surface area contributed by atoms with Gasteiger partial charge in [-0.3, -0.25) is 4.98 Å². The van der Waals surface area contributed by atoms with E-state index in [1.165, 1.54) is 0 Å². The molecule has 32 heavy (non-hydrogen) atoms. The quantitative estimate of drug-likeness (QED) is 0.380. The van der Waals surface area contributed by atoms with Gasteiger partial charge in [-0.15, -0.1) is 0 Å². The average Bonchev–Trinajstić information content (AvgIpc) is 2.83. The molecule has 4 aromatic rings. The minimum Gasteiger partial charge on any atom is -0.460 e. The first-order chi connectivity index (χ1) is 15.6. The van der Waals surface area contributed by atoms with Gasteiger partial charge in [-0.25, -0.2) is 9.78 Å². The predicted octanol–water partition coefficient (Wildman–Crippen LogP) is 2.05. The molecule has 5 rings (SSSR count). The van der Waals surface area contributed by atoms with Gasteiger partial charge in [-0.2, -0.15) is 15.0 Å². The average molecular weight is 430 g/mol. The summed E-state index contributed by atoms with van der Waals surface area (Å²) in [7, 11) is 0. The number of carbonyl (C=O) groups is 1. The van der Waals surface area contributed by atoms with Crippen LogP contribution in [0.5, 0.6) is 0 Å². The Kier molecular flexibility index (Phi) is 5.10. The number of carbonyl (C=O) groups excluding carboxylic acids is 1. The topological polar surface area (TPSA) is 123 Å². The van der Waals surface area contributed by atoms with E-state index in [0.29, 0.717) is 19.0 Å². The number of hydrogen-bond acceptors (Lipinski definition) is 10. The van der Waals surface area contributed by atoms with Crippen LogP contribution in [0.4, 0.5) is 17.7 Å². The third-order valence-corrected chi connectivity index (χ3v) is 5.40. The maximum atomic E-state index is 12.0. The summed E-state index contributed by atoms with van der Waals surface area (Å²) in [4.78, 5) is 38.0. The Morgan fingerprint density at radius 3 is 2.44 bits per heavy atom. The van der Waals surface area contributed by atoms with Gasteiger partial charge in [-0.05, 0) is 25.1 Å². The third kappa shape index (κ3) is 3.70. The molecule has 10 nitrogen and oxygen atoms in total. The zero-order chi connectivity index (χ0) is 22.1. The monoisotopic (exact) mass is 430 g/mol. The zero-order valence-corrected chi connectivity index (χ0v) is 17.6. The van der Waals surface area contributed by atoms with E-state index in [2.05, 4.69) is 43.0 Å². The summed E-state index contributed by atoms with van der Waals surface area (Å²) in [5.74, 6) is 0.589. The largest absolute Gasteiger partial charge is 0.460 e. The van der Waals surface area contributed by atoms with Crippen LogP contribution in [0.2, 0.25) is 0 Å². The molecule has 1 aliphatic rings. The number of fused-ring (bicyclic) bond motifs is 3. The van der Waals surface area contributed by atoms with Crippen LogP contribution in [0.1, 0.15) is 17.5 Å². The van der Waals surface area contributed by atoms with Crippen molar-refractivity contribution in [1.29, 1.82) is 0 Å². The van der Waals surface area contributed by atoms with E-state index in [0.717, 1.165) is 40.7 Å². The molecule has 0 atom stereocenters. The maximum Gasteiger partial charge on any atom is 0.376 e. The Hall–Kier alpha value is -4.08. The van der Waals surface area contributed by atoms with Gasteiger partial charge >= 0.3 is 5.97 Å². The fraction of sp³-hybridized carbons (Fsp3) is 0.273. The lowest BCUT2D eigenvalue weighted by Gasteiger charge is -2.35. The second-order valence-electron chi connectivity index (χ2n) is 7.39. The van der Waals surface area contributed by atoms with Crippen molar-refractivity contribution in [3.8, 4) is 0 Å². The summed E-state index contributed by atoms with van der Waals surface area (Å²) in [6.07, 6.45) is 1.79. The summed E-state index contributed by atoms with van der Waals surface area (Å²) in [5.41, 5.74) is 7.59. The minimum absolute atomic E-state index is 0.00365. The number of piperazine rings is 1. The second kappa shape index (κ2) is 8.22. The molecule has 162 valence electrons. The Morgan fingerprint density at radius 1 is 0.938 bits per heavy atom. The Labute approximate surface area is 184 Å². The fourth-order valence-corrected chi connectivity index (χ4v) is 3.83. The van der Waals surface area contributed by atoms with Crippen LogP contribution in [-0.4, -0.2) is 63.7 Å². The van der Waals surface area contributed by atoms with Gasteiger partial charge in [0.1, 0.15) is 5.82 Å². The SMILES string of the molecule is CCOC(=O)c1nc(N)nc(N2CCN(c3ccc4ccc5cccnc5c4n3)CC2)n1. The zero-order valence-electron chi connectivity index (χ0n) is 17.6. The molecule has 0 amide bonds. The number of hydrogen-bond donors (Lipinski definition) is 1. The van der Waals surface area contributed by atoms with Crippen molar-refractivity contribution in [3.05, 3.63) is 48.4 Å². The van der Waals surface area contributed by atoms with Crippen molar-refractivity contribution in [3.63, 3.8) is 0 Å². The van der Waals surface area contributed by atoms with Crippen molar-refractivity contribution >= 4 is 45.5 Å². The van der Waals surface area contributed by atoms with E-state index in [-0.39, 0.29) is 18.4 Å². The van der Waals surface area contributed by atoms with Crippen LogP contribution in [-0.2, 0) is 4.74 Å². The second-order valence-corrected chi connectivity index (χ2v) is 7.39. The van der Waals surface area contributed by atoms with Gasteiger partial charge in [-0.1, -0.05) is 18.2 Å². The lowest BCUT2D eigenvalue weighted by atomic mass is 10.1. The van der Waals surface area contributed by atoms with Crippen LogP contribution < -0.4 is 15.5 Å². The molecule has 1 aliphatic heterocycles. The number of rotatable bonds is 4. The van der Waals surface area contributed by atoms with E-state index in [1.807, 2.05) is 23.1 Å². The highest BCUT2D eigenvalue weighted by molar-refractivity contribution is 6.03. The molecule has 0 spiro atoms. The first kappa shape index (κ1) is 19.9. The van der Waals surface area contributed by atoms with Gasteiger partial charge in [0.25, 0.3) is 0 Å². The van der Waals surface area contributed by atoms with Gasteiger partial charge in [0.05, 0.1) is 17.6 Å². The van der Waals surface area contributed by atoms with Gasteiger partial charge in [0, 0.05) is 43.1 Å². The highest BCUT2D eigenvalue weighted by Gasteiger charge is 2.23. The first-order valence-electron chi connectivity index (χ1n) is 10.5. The van der Waals surface area contributed by atoms with E-state index in [1.54, 1.807) is 13.1 Å². The number of nitrogens with zero attached hydrogens (tertiary/aromatic N) is 7. The van der Waals surface area contributed by atoms with Gasteiger partial charge in [0.2, 0.25) is 17.7 Å². The summed E-state index contributed by atoms with van der Waals surface area (Å²) >= 11 is 0. The standard InChI is InChI=1S/C22H22N8O2/c1-2-32-20(31)19-26-21(23)28-22(27-19)30-12-10-29(11-13-30)16-8-7-15-6-5-14-4-3-9-24-17(14)18(15)25-16/h3-9H,2,10-13H2,1H3,(H2,23,26,27,28). The van der Waals surface area contributed by atoms with Crippen molar-refractivity contribution in [2.45, 2.75) is 6.92 Å². The molecule has 4 heterocycles. The normalized spacial score (nSPS) is 14.2. The highest BCUT2D eigenvalue weighted by atomic mass is 16.5. The van der Waals surface area contributed by atoms with E-state index < -0.39 is 5.97 Å². The maximum absolute atomic E-state index is 12.0. The van der Waals surface area contributed by atoms with E-state index >= 15 is 0 Å². The van der Waals surface area contributed by atoms with Gasteiger partial charge < -0.3 is 20.3 Å². The van der Waals surface area contributed by atoms with E-state index in [9.17, 15) is 4.79 Å². The summed E-state index contributed by atoms with van der Waals surface area (Å²) < 4.78 is 4.98. The van der Waals surface area contributed by atoms with Crippen molar-refractivity contribution in [1.82, 2.24) is 24.9 Å². The molecule has 0 bridgehead atoms. The summed E-state index contributed by atoms with van der Waals surface area (Å²) in [5, 5.41) is 2.13. The molecule has 0 unspecified atom stereocenters. The number of nitrogen functional groups attached to an aromatic ring is 1. The molecule has 2 N–H and O–H groups in total. The molecule has 0 aliphatic carbocycles. The number of aromatic nitrogens is 5. The van der Waals surface area contributed by atoms with Crippen molar-refractivity contribution < 1.29 is 9.53 Å². The predicted molar refractivity (Wildman–Crippen MR) is 122 cm³/mol. The van der Waals surface area contributed by atoms with Crippen LogP contribution in [0.3, 0.4) is 0 Å². The first-order valence-corrected chi connectivity index (χ1v) is 10.5. The Balaban J connectivity index is 1.36. The molecule has 3 aromatic heterocycles. The smallest absolute Gasteiger partial charge is 0.376 e. The molecule has 1 aromatic carbocycles. The number of esters is 1. The lowest BCUT2D eigenvalue weighted by molar-refractivity contribution is 0.0512. The van der Waals surface area contributed by atoms with Gasteiger partial charge in [0.15, 0.2) is 0 Å². The molecule has 1 fully saturated rings. The number of nitrogens with two attached hydrogens (primary N) is 1. The number of anilines is 3. The molecule has 0 radical (unpaired) electrons. The number of benzene rings is 1. The fourth-order valence-electron chi connectivity index (χ4n) is 3.83. The van der Waals surface area contributed by atoms with Crippen LogP contribution >= 0.6 is 0 Å². The summed E-state index contributed by atoms with van der Waals surface area (Å²) in [6, 6.07) is 12.2. The number of ether oxygens (including phenoxy) is 1. The Morgan fingerprint density at radius 2 is 1.66 bits per heavy atom. The van der Waals surface area contributed by atoms with Crippen LogP contribution in [0.25, 0.3) is 21.8 Å². The van der Waals surface area contributed by atoms with Crippen LogP contribution in [0.15, 0.2) is 42.6 Å². The minimum atomic E-state index is -0.609. The molecule has 10 heteroatoms. The lowest BCUT2D eigenvalue weighted by Crippen LogP contribution is -2.47. The van der Waals surface area contributed by atoms with Crippen LogP contribution in [0, 0.1) is 0 Å². The number of pyridine rings is 2. The van der Waals surface area contributed by atoms with Crippen molar-refractivity contribution in [2.75, 3.05) is 48.3 Å². The molecular weight excluding hydrogens is 408 g/mol. The van der Waals surface area contributed by atoms with Crippen molar-refractivity contribution in [2.24, 2.45) is 0 Å².